The van der Waals surface area contributed by atoms with Crippen molar-refractivity contribution in [2.45, 2.75) is 6.92 Å². The van der Waals surface area contributed by atoms with Gasteiger partial charge in [0.05, 0.1) is 6.61 Å². The molecule has 3 aromatic carbocycles. The lowest BCUT2D eigenvalue weighted by molar-refractivity contribution is 0.104. The first-order valence-electron chi connectivity index (χ1n) is 8.89. The summed E-state index contributed by atoms with van der Waals surface area (Å²) in [4.78, 5) is 14.2. The van der Waals surface area contributed by atoms with Gasteiger partial charge in [-0.3, -0.25) is 4.79 Å². The first-order valence-corrected chi connectivity index (χ1v) is 9.71. The van der Waals surface area contributed by atoms with E-state index in [1.54, 1.807) is 66.7 Å². The summed E-state index contributed by atoms with van der Waals surface area (Å²) in [6.45, 7) is 2.48. The molecular weight excluding hydrogens is 372 g/mol. The Morgan fingerprint density at radius 3 is 2.29 bits per heavy atom. The number of benzene rings is 3. The SMILES string of the molecule is CCOc1ccc(C(=O)c2c(-c3ccc(O)cc3)sc3cc(O)ccc23)cc1. The third-order valence-electron chi connectivity index (χ3n) is 4.46. The van der Waals surface area contributed by atoms with Gasteiger partial charge in [0.25, 0.3) is 0 Å². The third kappa shape index (κ3) is 3.32. The highest BCUT2D eigenvalue weighted by Gasteiger charge is 2.22. The average Bonchev–Trinajstić information content (AvgIpc) is 3.07. The van der Waals surface area contributed by atoms with Crippen LogP contribution in [-0.4, -0.2) is 22.6 Å². The predicted molar refractivity (Wildman–Crippen MR) is 112 cm³/mol. The third-order valence-corrected chi connectivity index (χ3v) is 5.66. The molecule has 140 valence electrons. The maximum Gasteiger partial charge on any atom is 0.195 e. The van der Waals surface area contributed by atoms with Crippen molar-refractivity contribution >= 4 is 27.2 Å². The van der Waals surface area contributed by atoms with E-state index in [0.717, 1.165) is 26.3 Å². The molecule has 0 amide bonds. The van der Waals surface area contributed by atoms with Gasteiger partial charge in [-0.05, 0) is 79.2 Å². The monoisotopic (exact) mass is 390 g/mol. The van der Waals surface area contributed by atoms with Crippen LogP contribution in [0.1, 0.15) is 22.8 Å². The van der Waals surface area contributed by atoms with Gasteiger partial charge in [-0.15, -0.1) is 11.3 Å². The van der Waals surface area contributed by atoms with Crippen molar-refractivity contribution in [1.29, 1.82) is 0 Å². The Kier molecular flexibility index (Phi) is 4.75. The van der Waals surface area contributed by atoms with Gasteiger partial charge in [-0.1, -0.05) is 0 Å². The number of aromatic hydroxyl groups is 2. The van der Waals surface area contributed by atoms with Crippen LogP contribution in [0.2, 0.25) is 0 Å². The number of thiophene rings is 1. The molecule has 4 rings (SSSR count). The van der Waals surface area contributed by atoms with Crippen molar-refractivity contribution in [1.82, 2.24) is 0 Å². The van der Waals surface area contributed by atoms with Gasteiger partial charge >= 0.3 is 0 Å². The van der Waals surface area contributed by atoms with Crippen LogP contribution in [0, 0.1) is 0 Å². The summed E-state index contributed by atoms with van der Waals surface area (Å²) < 4.78 is 6.29. The van der Waals surface area contributed by atoms with Crippen molar-refractivity contribution in [2.75, 3.05) is 6.61 Å². The smallest absolute Gasteiger partial charge is 0.195 e. The van der Waals surface area contributed by atoms with Gasteiger partial charge in [0.1, 0.15) is 17.2 Å². The normalized spacial score (nSPS) is 10.9. The molecule has 0 radical (unpaired) electrons. The van der Waals surface area contributed by atoms with Gasteiger partial charge in [-0.25, -0.2) is 0 Å². The molecule has 5 heteroatoms. The Bertz CT molecular complexity index is 1140. The molecule has 0 bridgehead atoms. The summed E-state index contributed by atoms with van der Waals surface area (Å²) in [5.74, 6) is 0.953. The molecule has 2 N–H and O–H groups in total. The first-order chi connectivity index (χ1) is 13.6. The maximum absolute atomic E-state index is 13.4. The molecule has 0 saturated heterocycles. The summed E-state index contributed by atoms with van der Waals surface area (Å²) in [5.41, 5.74) is 2.00. The van der Waals surface area contributed by atoms with E-state index >= 15 is 0 Å². The molecule has 4 aromatic rings. The van der Waals surface area contributed by atoms with E-state index in [2.05, 4.69) is 0 Å². The highest BCUT2D eigenvalue weighted by Crippen LogP contribution is 2.41. The lowest BCUT2D eigenvalue weighted by Gasteiger charge is -2.07. The van der Waals surface area contributed by atoms with Crippen LogP contribution in [0.3, 0.4) is 0 Å². The van der Waals surface area contributed by atoms with Crippen LogP contribution in [0.4, 0.5) is 0 Å². The molecule has 0 spiro atoms. The van der Waals surface area contributed by atoms with Crippen molar-refractivity contribution < 1.29 is 19.7 Å². The van der Waals surface area contributed by atoms with E-state index < -0.39 is 0 Å². The number of carbonyl (C=O) groups excluding carboxylic acids is 1. The summed E-state index contributed by atoms with van der Waals surface area (Å²) in [7, 11) is 0. The van der Waals surface area contributed by atoms with Gasteiger partial charge in [0.2, 0.25) is 0 Å². The number of rotatable bonds is 5. The summed E-state index contributed by atoms with van der Waals surface area (Å²) in [6, 6.07) is 18.9. The number of phenolic OH excluding ortho intramolecular Hbond substituents is 2. The zero-order chi connectivity index (χ0) is 19.7. The fourth-order valence-electron chi connectivity index (χ4n) is 3.14. The van der Waals surface area contributed by atoms with E-state index in [1.807, 2.05) is 6.92 Å². The Hall–Kier alpha value is -3.31. The predicted octanol–water partition coefficient (Wildman–Crippen LogP) is 5.61. The minimum absolute atomic E-state index is 0.0944. The molecule has 0 saturated carbocycles. The number of ketones is 1. The van der Waals surface area contributed by atoms with Gasteiger partial charge in [-0.2, -0.15) is 0 Å². The Balaban J connectivity index is 1.87. The van der Waals surface area contributed by atoms with Crippen molar-refractivity contribution in [3.63, 3.8) is 0 Å². The van der Waals surface area contributed by atoms with Crippen LogP contribution >= 0.6 is 11.3 Å². The molecule has 0 atom stereocenters. The van der Waals surface area contributed by atoms with Gasteiger partial charge < -0.3 is 14.9 Å². The van der Waals surface area contributed by atoms with E-state index in [1.165, 1.54) is 11.3 Å². The molecule has 28 heavy (non-hydrogen) atoms. The molecule has 0 fully saturated rings. The van der Waals surface area contributed by atoms with Crippen LogP contribution in [0.15, 0.2) is 66.7 Å². The Morgan fingerprint density at radius 2 is 1.61 bits per heavy atom. The quantitative estimate of drug-likeness (QED) is 0.435. The largest absolute Gasteiger partial charge is 0.508 e. The molecule has 0 unspecified atom stereocenters. The van der Waals surface area contributed by atoms with Crippen molar-refractivity contribution in [3.05, 3.63) is 77.9 Å². The minimum atomic E-state index is -0.0944. The second kappa shape index (κ2) is 7.37. The molecule has 1 aromatic heterocycles. The van der Waals surface area contributed by atoms with Crippen LogP contribution in [0.5, 0.6) is 17.2 Å². The number of phenols is 2. The highest BCUT2D eigenvalue weighted by molar-refractivity contribution is 7.22. The fraction of sp³-hybridized carbons (Fsp3) is 0.0870. The number of carbonyl (C=O) groups is 1. The minimum Gasteiger partial charge on any atom is -0.508 e. The van der Waals surface area contributed by atoms with Crippen LogP contribution in [-0.2, 0) is 0 Å². The van der Waals surface area contributed by atoms with Crippen molar-refractivity contribution in [3.8, 4) is 27.7 Å². The maximum atomic E-state index is 13.4. The van der Waals surface area contributed by atoms with Gasteiger partial charge in [0, 0.05) is 26.1 Å². The lowest BCUT2D eigenvalue weighted by atomic mass is 9.97. The Morgan fingerprint density at radius 1 is 0.929 bits per heavy atom. The summed E-state index contributed by atoms with van der Waals surface area (Å²) >= 11 is 1.44. The standard InChI is InChI=1S/C23H18O4S/c1-2-27-18-10-5-14(6-11-18)22(26)21-19-12-9-17(25)13-20(19)28-23(21)15-3-7-16(24)8-4-15/h3-13,24-25H,2H2,1H3. The summed E-state index contributed by atoms with van der Waals surface area (Å²) in [6.07, 6.45) is 0. The lowest BCUT2D eigenvalue weighted by Crippen LogP contribution is -2.02. The van der Waals surface area contributed by atoms with E-state index in [9.17, 15) is 15.0 Å². The number of hydrogen-bond acceptors (Lipinski definition) is 5. The van der Waals surface area contributed by atoms with Crippen LogP contribution in [0.25, 0.3) is 20.5 Å². The summed E-state index contributed by atoms with van der Waals surface area (Å²) in [5, 5.41) is 20.2. The number of ether oxygens (including phenoxy) is 1. The highest BCUT2D eigenvalue weighted by atomic mass is 32.1. The first kappa shape index (κ1) is 18.1. The second-order valence-corrected chi connectivity index (χ2v) is 7.37. The molecule has 4 nitrogen and oxygen atoms in total. The molecular formula is C23H18O4S. The van der Waals surface area contributed by atoms with E-state index in [4.69, 9.17) is 4.74 Å². The average molecular weight is 390 g/mol. The van der Waals surface area contributed by atoms with Gasteiger partial charge in [0.15, 0.2) is 5.78 Å². The number of fused-ring (bicyclic) bond motifs is 1. The van der Waals surface area contributed by atoms with E-state index in [0.29, 0.717) is 17.7 Å². The molecule has 0 aliphatic carbocycles. The zero-order valence-corrected chi connectivity index (χ0v) is 16.0. The molecule has 0 aliphatic heterocycles. The molecule has 0 aliphatic rings. The van der Waals surface area contributed by atoms with E-state index in [-0.39, 0.29) is 17.3 Å². The molecule has 1 heterocycles. The fourth-order valence-corrected chi connectivity index (χ4v) is 4.38. The van der Waals surface area contributed by atoms with Crippen LogP contribution < -0.4 is 4.74 Å². The number of hydrogen-bond donors (Lipinski definition) is 2. The Labute approximate surface area is 166 Å². The second-order valence-electron chi connectivity index (χ2n) is 6.32. The van der Waals surface area contributed by atoms with Crippen molar-refractivity contribution in [2.24, 2.45) is 0 Å². The zero-order valence-electron chi connectivity index (χ0n) is 15.2. The topological polar surface area (TPSA) is 66.8 Å².